The van der Waals surface area contributed by atoms with E-state index in [1.165, 1.54) is 0 Å². The summed E-state index contributed by atoms with van der Waals surface area (Å²) in [6.45, 7) is 10.2. The van der Waals surface area contributed by atoms with E-state index in [1.807, 2.05) is 32.9 Å². The quantitative estimate of drug-likeness (QED) is 0.729. The highest BCUT2D eigenvalue weighted by Crippen LogP contribution is 2.33. The van der Waals surface area contributed by atoms with Gasteiger partial charge in [0.05, 0.1) is 30.6 Å². The minimum absolute atomic E-state index is 0.258. The van der Waals surface area contributed by atoms with Crippen LogP contribution in [0.1, 0.15) is 24.1 Å². The zero-order valence-electron chi connectivity index (χ0n) is 16.0. The lowest BCUT2D eigenvalue weighted by molar-refractivity contribution is 0.0985. The minimum Gasteiger partial charge on any atom is -0.377 e. The van der Waals surface area contributed by atoms with Crippen molar-refractivity contribution >= 4 is 17.5 Å². The summed E-state index contributed by atoms with van der Waals surface area (Å²) >= 11 is 0. The van der Waals surface area contributed by atoms with Gasteiger partial charge in [-0.15, -0.1) is 0 Å². The first-order chi connectivity index (χ1) is 13.0. The summed E-state index contributed by atoms with van der Waals surface area (Å²) in [5.41, 5.74) is 3.81. The van der Waals surface area contributed by atoms with E-state index in [-0.39, 0.29) is 6.04 Å². The fraction of sp³-hybridized carbons (Fsp3) is 0.421. The van der Waals surface area contributed by atoms with E-state index in [9.17, 15) is 0 Å². The molecule has 0 aliphatic carbocycles. The molecule has 1 aliphatic heterocycles. The van der Waals surface area contributed by atoms with E-state index in [4.69, 9.17) is 14.2 Å². The number of aryl methyl sites for hydroxylation is 3. The van der Waals surface area contributed by atoms with Crippen LogP contribution in [-0.4, -0.2) is 46.1 Å². The summed E-state index contributed by atoms with van der Waals surface area (Å²) < 4.78 is 11.0. The minimum atomic E-state index is 0.258. The maximum atomic E-state index is 5.58. The molecule has 0 amide bonds. The zero-order chi connectivity index (χ0) is 19.0. The maximum Gasteiger partial charge on any atom is 0.141 e. The predicted octanol–water partition coefficient (Wildman–Crippen LogP) is 3.35. The highest BCUT2D eigenvalue weighted by molar-refractivity contribution is 5.74. The third kappa shape index (κ3) is 3.52. The van der Waals surface area contributed by atoms with Crippen LogP contribution in [0.2, 0.25) is 0 Å². The number of hydrogen-bond donors (Lipinski definition) is 2. The zero-order valence-corrected chi connectivity index (χ0v) is 16.0. The van der Waals surface area contributed by atoms with Crippen molar-refractivity contribution in [2.24, 2.45) is 0 Å². The van der Waals surface area contributed by atoms with Gasteiger partial charge in [0.2, 0.25) is 0 Å². The van der Waals surface area contributed by atoms with Crippen LogP contribution < -0.4 is 10.2 Å². The van der Waals surface area contributed by atoms with Crippen molar-refractivity contribution in [3.8, 4) is 11.1 Å². The molecule has 8 nitrogen and oxygen atoms in total. The van der Waals surface area contributed by atoms with Crippen LogP contribution in [0.3, 0.4) is 0 Å². The Bertz CT molecular complexity index is 928. The third-order valence-corrected chi connectivity index (χ3v) is 4.76. The van der Waals surface area contributed by atoms with Crippen molar-refractivity contribution in [3.63, 3.8) is 0 Å². The Hall–Kier alpha value is -2.87. The first-order valence-electron chi connectivity index (χ1n) is 9.10. The topological polar surface area (TPSA) is 92.1 Å². The standard InChI is InChI=1S/C19H24N6O2/c1-11-7-17(23-22-11)20-16-8-15(19-13(3)24-27-14(19)4)9-18(21-16)25-5-6-26-10-12(25)2/h7-9,12H,5-6,10H2,1-4H3,(H2,20,21,22,23). The second-order valence-electron chi connectivity index (χ2n) is 6.96. The van der Waals surface area contributed by atoms with Gasteiger partial charge in [0.25, 0.3) is 0 Å². The van der Waals surface area contributed by atoms with Gasteiger partial charge in [0.1, 0.15) is 23.2 Å². The van der Waals surface area contributed by atoms with Crippen molar-refractivity contribution in [3.05, 3.63) is 35.3 Å². The van der Waals surface area contributed by atoms with Crippen LogP contribution in [0.25, 0.3) is 11.1 Å². The molecule has 1 atom stereocenters. The normalized spacial score (nSPS) is 17.3. The molecule has 142 valence electrons. The van der Waals surface area contributed by atoms with Crippen LogP contribution in [0, 0.1) is 20.8 Å². The van der Waals surface area contributed by atoms with Gasteiger partial charge in [0, 0.05) is 18.2 Å². The molecular weight excluding hydrogens is 344 g/mol. The van der Waals surface area contributed by atoms with Gasteiger partial charge in [-0.2, -0.15) is 5.10 Å². The number of ether oxygens (including phenoxy) is 1. The van der Waals surface area contributed by atoms with Gasteiger partial charge >= 0.3 is 0 Å². The van der Waals surface area contributed by atoms with E-state index in [2.05, 4.69) is 38.6 Å². The lowest BCUT2D eigenvalue weighted by atomic mass is 10.0. The molecule has 0 spiro atoms. The van der Waals surface area contributed by atoms with Crippen molar-refractivity contribution in [1.82, 2.24) is 20.3 Å². The number of aromatic nitrogens is 4. The molecule has 3 aromatic heterocycles. The summed E-state index contributed by atoms with van der Waals surface area (Å²) in [4.78, 5) is 7.11. The van der Waals surface area contributed by atoms with Crippen LogP contribution >= 0.6 is 0 Å². The fourth-order valence-electron chi connectivity index (χ4n) is 3.46. The van der Waals surface area contributed by atoms with Crippen molar-refractivity contribution in [2.45, 2.75) is 33.7 Å². The molecule has 0 saturated carbocycles. The van der Waals surface area contributed by atoms with Gasteiger partial charge in [-0.05, 0) is 45.4 Å². The van der Waals surface area contributed by atoms with Crippen LogP contribution in [-0.2, 0) is 4.74 Å². The highest BCUT2D eigenvalue weighted by atomic mass is 16.5. The van der Waals surface area contributed by atoms with Crippen LogP contribution in [0.5, 0.6) is 0 Å². The predicted molar refractivity (Wildman–Crippen MR) is 103 cm³/mol. The van der Waals surface area contributed by atoms with Crippen molar-refractivity contribution < 1.29 is 9.26 Å². The maximum absolute atomic E-state index is 5.58. The van der Waals surface area contributed by atoms with Crippen molar-refractivity contribution in [1.29, 1.82) is 0 Å². The summed E-state index contributed by atoms with van der Waals surface area (Å²) in [6.07, 6.45) is 0. The first kappa shape index (κ1) is 17.5. The molecule has 1 aliphatic rings. The molecule has 8 heteroatoms. The van der Waals surface area contributed by atoms with Crippen LogP contribution in [0.15, 0.2) is 22.7 Å². The lowest BCUT2D eigenvalue weighted by Gasteiger charge is -2.34. The van der Waals surface area contributed by atoms with E-state index in [1.54, 1.807) is 0 Å². The van der Waals surface area contributed by atoms with E-state index in [0.29, 0.717) is 13.2 Å². The molecule has 1 saturated heterocycles. The Kier molecular flexibility index (Phi) is 4.57. The van der Waals surface area contributed by atoms with Gasteiger partial charge in [-0.25, -0.2) is 4.98 Å². The average molecular weight is 368 g/mol. The SMILES string of the molecule is Cc1cc(Nc2cc(-c3c(C)noc3C)cc(N3CCOCC3C)n2)[nH]n1. The second-order valence-corrected chi connectivity index (χ2v) is 6.96. The summed E-state index contributed by atoms with van der Waals surface area (Å²) in [5, 5.41) is 14.6. The lowest BCUT2D eigenvalue weighted by Crippen LogP contribution is -2.44. The Morgan fingerprint density at radius 2 is 2.07 bits per heavy atom. The molecule has 0 radical (unpaired) electrons. The molecule has 4 rings (SSSR count). The Balaban J connectivity index is 1.78. The summed E-state index contributed by atoms with van der Waals surface area (Å²) in [6, 6.07) is 6.31. The molecule has 1 unspecified atom stereocenters. The van der Waals surface area contributed by atoms with E-state index in [0.717, 1.165) is 52.3 Å². The summed E-state index contributed by atoms with van der Waals surface area (Å²) in [5.74, 6) is 3.24. The Morgan fingerprint density at radius 1 is 1.22 bits per heavy atom. The number of hydrogen-bond acceptors (Lipinski definition) is 7. The molecule has 0 bridgehead atoms. The van der Waals surface area contributed by atoms with Crippen molar-refractivity contribution in [2.75, 3.05) is 30.0 Å². The highest BCUT2D eigenvalue weighted by Gasteiger charge is 2.22. The number of nitrogens with zero attached hydrogens (tertiary/aromatic N) is 4. The first-order valence-corrected chi connectivity index (χ1v) is 9.10. The Labute approximate surface area is 157 Å². The second kappa shape index (κ2) is 7.03. The smallest absolute Gasteiger partial charge is 0.141 e. The van der Waals surface area contributed by atoms with Gasteiger partial charge in [-0.3, -0.25) is 5.10 Å². The number of aromatic amines is 1. The summed E-state index contributed by atoms with van der Waals surface area (Å²) in [7, 11) is 0. The fourth-order valence-corrected chi connectivity index (χ4v) is 3.46. The van der Waals surface area contributed by atoms with Crippen LogP contribution in [0.4, 0.5) is 17.5 Å². The monoisotopic (exact) mass is 368 g/mol. The van der Waals surface area contributed by atoms with Gasteiger partial charge < -0.3 is 19.5 Å². The van der Waals surface area contributed by atoms with Gasteiger partial charge in [-0.1, -0.05) is 5.16 Å². The van der Waals surface area contributed by atoms with E-state index < -0.39 is 0 Å². The molecule has 3 aromatic rings. The third-order valence-electron chi connectivity index (χ3n) is 4.76. The number of H-pyrrole nitrogens is 1. The van der Waals surface area contributed by atoms with Gasteiger partial charge in [0.15, 0.2) is 0 Å². The molecule has 2 N–H and O–H groups in total. The number of rotatable bonds is 4. The van der Waals surface area contributed by atoms with E-state index >= 15 is 0 Å². The largest absolute Gasteiger partial charge is 0.377 e. The average Bonchev–Trinajstić information content (AvgIpc) is 3.20. The molecule has 1 fully saturated rings. The number of nitrogens with one attached hydrogen (secondary N) is 2. The number of pyridine rings is 1. The molecule has 4 heterocycles. The Morgan fingerprint density at radius 3 is 2.74 bits per heavy atom. The number of morpholine rings is 1. The molecule has 0 aromatic carbocycles. The molecule has 27 heavy (non-hydrogen) atoms. The number of anilines is 3. The molecular formula is C19H24N6O2.